The van der Waals surface area contributed by atoms with E-state index in [2.05, 4.69) is 16.7 Å². The molecule has 24 heavy (non-hydrogen) atoms. The molecule has 2 aromatic carbocycles. The quantitative estimate of drug-likeness (QED) is 0.901. The Hall–Kier alpha value is -2.62. The van der Waals surface area contributed by atoms with Crippen LogP contribution in [0.2, 0.25) is 0 Å². The Labute approximate surface area is 141 Å². The second-order valence-corrected chi connectivity index (χ2v) is 6.64. The molecule has 0 saturated heterocycles. The molecule has 2 aliphatic carbocycles. The van der Waals surface area contributed by atoms with Crippen LogP contribution in [0.5, 0.6) is 0 Å². The number of amides is 2. The molecule has 2 aliphatic rings. The van der Waals surface area contributed by atoms with E-state index in [-0.39, 0.29) is 17.7 Å². The number of hydrogen-bond donors (Lipinski definition) is 2. The fraction of sp³-hybridized carbons (Fsp3) is 0.300. The number of rotatable bonds is 4. The first kappa shape index (κ1) is 14.9. The van der Waals surface area contributed by atoms with E-state index >= 15 is 0 Å². The highest BCUT2D eigenvalue weighted by Gasteiger charge is 2.29. The molecule has 0 aliphatic heterocycles. The van der Waals surface area contributed by atoms with Crippen LogP contribution in [-0.2, 0) is 17.6 Å². The molecule has 2 N–H and O–H groups in total. The van der Waals surface area contributed by atoms with Crippen LogP contribution >= 0.6 is 0 Å². The average molecular weight is 320 g/mol. The highest BCUT2D eigenvalue weighted by molar-refractivity contribution is 6.05. The Kier molecular flexibility index (Phi) is 3.81. The van der Waals surface area contributed by atoms with E-state index in [1.54, 1.807) is 6.07 Å². The summed E-state index contributed by atoms with van der Waals surface area (Å²) in [6.45, 7) is 0. The molecule has 1 fully saturated rings. The molecule has 2 aromatic rings. The van der Waals surface area contributed by atoms with E-state index in [9.17, 15) is 9.59 Å². The Balaban J connectivity index is 1.46. The van der Waals surface area contributed by atoms with Gasteiger partial charge in [-0.1, -0.05) is 12.1 Å². The van der Waals surface area contributed by atoms with Gasteiger partial charge in [-0.3, -0.25) is 9.59 Å². The topological polar surface area (TPSA) is 58.2 Å². The molecule has 1 saturated carbocycles. The molecule has 0 atom stereocenters. The maximum absolute atomic E-state index is 12.5. The molecule has 2 amide bonds. The predicted molar refractivity (Wildman–Crippen MR) is 94.2 cm³/mol. The molecule has 0 bridgehead atoms. The Morgan fingerprint density at radius 2 is 1.62 bits per heavy atom. The zero-order chi connectivity index (χ0) is 16.5. The van der Waals surface area contributed by atoms with Crippen LogP contribution in [0, 0.1) is 5.92 Å². The lowest BCUT2D eigenvalue weighted by atomic mass is 10.1. The van der Waals surface area contributed by atoms with Crippen molar-refractivity contribution in [3.8, 4) is 0 Å². The summed E-state index contributed by atoms with van der Waals surface area (Å²) in [4.78, 5) is 24.3. The highest BCUT2D eigenvalue weighted by atomic mass is 16.2. The van der Waals surface area contributed by atoms with Gasteiger partial charge in [-0.15, -0.1) is 0 Å². The van der Waals surface area contributed by atoms with Crippen molar-refractivity contribution in [2.45, 2.75) is 32.1 Å². The molecule has 4 nitrogen and oxygen atoms in total. The van der Waals surface area contributed by atoms with Crippen LogP contribution in [0.1, 0.15) is 40.7 Å². The summed E-state index contributed by atoms with van der Waals surface area (Å²) in [5.41, 5.74) is 4.74. The maximum atomic E-state index is 12.5. The molecular formula is C20H20N2O2. The maximum Gasteiger partial charge on any atom is 0.255 e. The third-order valence-corrected chi connectivity index (χ3v) is 4.70. The SMILES string of the molecule is O=C(Nc1cccc(NC(=O)C2CC2)c1)c1ccc2c(c1)CCC2. The van der Waals surface area contributed by atoms with Gasteiger partial charge in [0.2, 0.25) is 5.91 Å². The third-order valence-electron chi connectivity index (χ3n) is 4.70. The molecule has 0 unspecified atom stereocenters. The molecule has 4 rings (SSSR count). The van der Waals surface area contributed by atoms with Crippen LogP contribution in [0.15, 0.2) is 42.5 Å². The van der Waals surface area contributed by atoms with Crippen molar-refractivity contribution >= 4 is 23.2 Å². The van der Waals surface area contributed by atoms with Gasteiger partial charge in [0, 0.05) is 22.9 Å². The largest absolute Gasteiger partial charge is 0.326 e. The van der Waals surface area contributed by atoms with Gasteiger partial charge in [0.25, 0.3) is 5.91 Å². The summed E-state index contributed by atoms with van der Waals surface area (Å²) in [6, 6.07) is 13.2. The number of carbonyl (C=O) groups excluding carboxylic acids is 2. The normalized spacial score (nSPS) is 15.7. The van der Waals surface area contributed by atoms with E-state index in [0.29, 0.717) is 11.3 Å². The number of anilines is 2. The lowest BCUT2D eigenvalue weighted by molar-refractivity contribution is -0.117. The lowest BCUT2D eigenvalue weighted by Gasteiger charge is -2.09. The van der Waals surface area contributed by atoms with Crippen LogP contribution in [0.3, 0.4) is 0 Å². The summed E-state index contributed by atoms with van der Waals surface area (Å²) < 4.78 is 0. The fourth-order valence-electron chi connectivity index (χ4n) is 3.18. The second kappa shape index (κ2) is 6.11. The summed E-state index contributed by atoms with van der Waals surface area (Å²) in [5, 5.41) is 5.82. The van der Waals surface area contributed by atoms with Gasteiger partial charge in [0.15, 0.2) is 0 Å². The molecule has 0 aromatic heterocycles. The van der Waals surface area contributed by atoms with Gasteiger partial charge < -0.3 is 10.6 Å². The predicted octanol–water partition coefficient (Wildman–Crippen LogP) is 3.78. The lowest BCUT2D eigenvalue weighted by Crippen LogP contribution is -2.15. The summed E-state index contributed by atoms with van der Waals surface area (Å²) in [5.74, 6) is 0.113. The number of aryl methyl sites for hydroxylation is 2. The number of fused-ring (bicyclic) bond motifs is 1. The monoisotopic (exact) mass is 320 g/mol. The Morgan fingerprint density at radius 1 is 0.875 bits per heavy atom. The zero-order valence-corrected chi connectivity index (χ0v) is 13.5. The minimum absolute atomic E-state index is 0.0668. The van der Waals surface area contributed by atoms with Gasteiger partial charge in [-0.25, -0.2) is 0 Å². The van der Waals surface area contributed by atoms with Crippen LogP contribution < -0.4 is 10.6 Å². The standard InChI is InChI=1S/C20H20N2O2/c23-19(14-8-9-14)21-17-5-2-6-18(12-17)22-20(24)16-10-7-13-3-1-4-15(13)11-16/h2,5-7,10-12,14H,1,3-4,8-9H2,(H,21,23)(H,22,24). The molecule has 0 spiro atoms. The smallest absolute Gasteiger partial charge is 0.255 e. The van der Waals surface area contributed by atoms with Crippen LogP contribution in [0.25, 0.3) is 0 Å². The Bertz CT molecular complexity index is 809. The van der Waals surface area contributed by atoms with E-state index < -0.39 is 0 Å². The summed E-state index contributed by atoms with van der Waals surface area (Å²) in [7, 11) is 0. The van der Waals surface area contributed by atoms with Crippen LogP contribution in [0.4, 0.5) is 11.4 Å². The number of hydrogen-bond acceptors (Lipinski definition) is 2. The second-order valence-electron chi connectivity index (χ2n) is 6.64. The third kappa shape index (κ3) is 3.18. The minimum Gasteiger partial charge on any atom is -0.326 e. The molecule has 0 heterocycles. The Morgan fingerprint density at radius 3 is 2.42 bits per heavy atom. The minimum atomic E-state index is -0.115. The summed E-state index contributed by atoms with van der Waals surface area (Å²) >= 11 is 0. The average Bonchev–Trinajstić information content (AvgIpc) is 3.33. The zero-order valence-electron chi connectivity index (χ0n) is 13.5. The van der Waals surface area contributed by atoms with Crippen molar-refractivity contribution in [1.29, 1.82) is 0 Å². The van der Waals surface area contributed by atoms with Crippen molar-refractivity contribution in [3.05, 3.63) is 59.2 Å². The first-order valence-corrected chi connectivity index (χ1v) is 8.53. The number of nitrogens with one attached hydrogen (secondary N) is 2. The van der Waals surface area contributed by atoms with Crippen molar-refractivity contribution in [2.24, 2.45) is 5.92 Å². The van der Waals surface area contributed by atoms with Crippen molar-refractivity contribution in [1.82, 2.24) is 0 Å². The van der Waals surface area contributed by atoms with Crippen molar-refractivity contribution in [2.75, 3.05) is 10.6 Å². The van der Waals surface area contributed by atoms with Crippen LogP contribution in [-0.4, -0.2) is 11.8 Å². The molecule has 122 valence electrons. The van der Waals surface area contributed by atoms with Gasteiger partial charge in [0.05, 0.1) is 0 Å². The molecular weight excluding hydrogens is 300 g/mol. The highest BCUT2D eigenvalue weighted by Crippen LogP contribution is 2.30. The first-order valence-electron chi connectivity index (χ1n) is 8.53. The fourth-order valence-corrected chi connectivity index (χ4v) is 3.18. The van der Waals surface area contributed by atoms with Gasteiger partial charge >= 0.3 is 0 Å². The van der Waals surface area contributed by atoms with Gasteiger partial charge in [0.1, 0.15) is 0 Å². The van der Waals surface area contributed by atoms with Crippen molar-refractivity contribution < 1.29 is 9.59 Å². The van der Waals surface area contributed by atoms with E-state index in [0.717, 1.165) is 31.4 Å². The number of carbonyl (C=O) groups is 2. The number of benzene rings is 2. The van der Waals surface area contributed by atoms with E-state index in [1.807, 2.05) is 30.3 Å². The van der Waals surface area contributed by atoms with E-state index in [4.69, 9.17) is 0 Å². The molecule has 4 heteroatoms. The van der Waals surface area contributed by atoms with Gasteiger partial charge in [-0.05, 0) is 73.6 Å². The van der Waals surface area contributed by atoms with Gasteiger partial charge in [-0.2, -0.15) is 0 Å². The van der Waals surface area contributed by atoms with E-state index in [1.165, 1.54) is 17.5 Å². The van der Waals surface area contributed by atoms with Crippen molar-refractivity contribution in [3.63, 3.8) is 0 Å². The summed E-state index contributed by atoms with van der Waals surface area (Å²) in [6.07, 6.45) is 5.28. The molecule has 0 radical (unpaired) electrons. The first-order chi connectivity index (χ1) is 11.7.